The van der Waals surface area contributed by atoms with E-state index >= 15 is 0 Å². The predicted octanol–water partition coefficient (Wildman–Crippen LogP) is 3.28. The molecule has 0 aliphatic rings. The molecule has 0 fully saturated rings. The van der Waals surface area contributed by atoms with Crippen molar-refractivity contribution in [3.63, 3.8) is 0 Å². The molecule has 0 saturated heterocycles. The van der Waals surface area contributed by atoms with Crippen LogP contribution in [0.25, 0.3) is 0 Å². The van der Waals surface area contributed by atoms with E-state index in [4.69, 9.17) is 4.74 Å². The maximum absolute atomic E-state index is 12.6. The lowest BCUT2D eigenvalue weighted by Crippen LogP contribution is -2.09. The molecule has 0 atom stereocenters. The van der Waals surface area contributed by atoms with Crippen LogP contribution in [0.4, 0.5) is 13.2 Å². The van der Waals surface area contributed by atoms with Gasteiger partial charge in [-0.15, -0.1) is 0 Å². The Morgan fingerprint density at radius 3 is 2.47 bits per heavy atom. The zero-order chi connectivity index (χ0) is 14.7. The van der Waals surface area contributed by atoms with E-state index in [2.05, 4.69) is 15.9 Å². The molecule has 1 aromatic rings. The summed E-state index contributed by atoms with van der Waals surface area (Å²) >= 11 is 2.82. The SMILES string of the molecule is CS(=O)(=O)CCCOc1ccc(Br)c(C(F)(F)F)c1. The van der Waals surface area contributed by atoms with E-state index in [1.807, 2.05) is 0 Å². The van der Waals surface area contributed by atoms with E-state index in [9.17, 15) is 21.6 Å². The molecule has 0 unspecified atom stereocenters. The number of sulfone groups is 1. The molecular formula is C11H12BrF3O3S. The first-order valence-corrected chi connectivity index (χ1v) is 8.12. The zero-order valence-corrected chi connectivity index (χ0v) is 12.4. The molecule has 3 nitrogen and oxygen atoms in total. The van der Waals surface area contributed by atoms with Crippen LogP contribution < -0.4 is 4.74 Å². The molecule has 0 N–H and O–H groups in total. The third kappa shape index (κ3) is 5.82. The van der Waals surface area contributed by atoms with E-state index < -0.39 is 21.6 Å². The number of ether oxygens (including phenoxy) is 1. The van der Waals surface area contributed by atoms with Crippen LogP contribution in [0.5, 0.6) is 5.75 Å². The van der Waals surface area contributed by atoms with Crippen molar-refractivity contribution in [2.45, 2.75) is 12.6 Å². The van der Waals surface area contributed by atoms with Gasteiger partial charge in [0, 0.05) is 10.7 Å². The Kier molecular flexibility index (Phi) is 5.26. The summed E-state index contributed by atoms with van der Waals surface area (Å²) in [4.78, 5) is 0. The Bertz CT molecular complexity index is 541. The molecule has 0 bridgehead atoms. The predicted molar refractivity (Wildman–Crippen MR) is 69.0 cm³/mol. The summed E-state index contributed by atoms with van der Waals surface area (Å²) in [5.74, 6) is -0.000582. The Morgan fingerprint density at radius 2 is 1.95 bits per heavy atom. The molecule has 1 aromatic carbocycles. The van der Waals surface area contributed by atoms with Gasteiger partial charge < -0.3 is 4.74 Å². The van der Waals surface area contributed by atoms with Crippen molar-refractivity contribution in [2.75, 3.05) is 18.6 Å². The minimum absolute atomic E-state index is 0.0476. The monoisotopic (exact) mass is 360 g/mol. The average Bonchev–Trinajstić information content (AvgIpc) is 2.23. The van der Waals surface area contributed by atoms with Crippen molar-refractivity contribution in [3.05, 3.63) is 28.2 Å². The van der Waals surface area contributed by atoms with Crippen LogP contribution in [0.15, 0.2) is 22.7 Å². The van der Waals surface area contributed by atoms with Crippen molar-refractivity contribution >= 4 is 25.8 Å². The van der Waals surface area contributed by atoms with Crippen LogP contribution in [0.1, 0.15) is 12.0 Å². The Balaban J connectivity index is 2.66. The maximum Gasteiger partial charge on any atom is 0.417 e. The van der Waals surface area contributed by atoms with Crippen molar-refractivity contribution in [3.8, 4) is 5.75 Å². The molecular weight excluding hydrogens is 349 g/mol. The molecule has 19 heavy (non-hydrogen) atoms. The Morgan fingerprint density at radius 1 is 1.32 bits per heavy atom. The Hall–Kier alpha value is -0.760. The first kappa shape index (κ1) is 16.3. The topological polar surface area (TPSA) is 43.4 Å². The third-order valence-electron chi connectivity index (χ3n) is 2.17. The standard InChI is InChI=1S/C11H12BrF3O3S/c1-19(16,17)6-2-5-18-8-3-4-10(12)9(7-8)11(13,14)15/h3-4,7H,2,5-6H2,1H3. The molecule has 0 heterocycles. The number of benzene rings is 1. The highest BCUT2D eigenvalue weighted by Gasteiger charge is 2.33. The lowest BCUT2D eigenvalue weighted by atomic mass is 10.2. The highest BCUT2D eigenvalue weighted by molar-refractivity contribution is 9.10. The van der Waals surface area contributed by atoms with Gasteiger partial charge in [-0.1, -0.05) is 15.9 Å². The first-order chi connectivity index (χ1) is 8.59. The van der Waals surface area contributed by atoms with E-state index in [0.29, 0.717) is 0 Å². The lowest BCUT2D eigenvalue weighted by Gasteiger charge is -2.12. The largest absolute Gasteiger partial charge is 0.494 e. The number of hydrogen-bond acceptors (Lipinski definition) is 3. The minimum atomic E-state index is -4.47. The van der Waals surface area contributed by atoms with E-state index in [-0.39, 0.29) is 29.0 Å². The number of halogens is 4. The summed E-state index contributed by atoms with van der Waals surface area (Å²) in [7, 11) is -3.08. The highest BCUT2D eigenvalue weighted by atomic mass is 79.9. The quantitative estimate of drug-likeness (QED) is 0.756. The third-order valence-corrected chi connectivity index (χ3v) is 3.89. The van der Waals surface area contributed by atoms with Crippen molar-refractivity contribution in [1.29, 1.82) is 0 Å². The van der Waals surface area contributed by atoms with E-state index in [1.54, 1.807) is 0 Å². The van der Waals surface area contributed by atoms with Crippen LogP contribution in [0.2, 0.25) is 0 Å². The molecule has 0 radical (unpaired) electrons. The second-order valence-electron chi connectivity index (χ2n) is 3.97. The van der Waals surface area contributed by atoms with Crippen molar-refractivity contribution < 1.29 is 26.3 Å². The first-order valence-electron chi connectivity index (χ1n) is 5.27. The van der Waals surface area contributed by atoms with Crippen LogP contribution in [0, 0.1) is 0 Å². The summed E-state index contributed by atoms with van der Waals surface area (Å²) in [5.41, 5.74) is -0.826. The molecule has 108 valence electrons. The van der Waals surface area contributed by atoms with Crippen LogP contribution >= 0.6 is 15.9 Å². The molecule has 0 aromatic heterocycles. The van der Waals surface area contributed by atoms with Gasteiger partial charge in [0.05, 0.1) is 17.9 Å². The fourth-order valence-corrected chi connectivity index (χ4v) is 2.44. The number of hydrogen-bond donors (Lipinski definition) is 0. The molecule has 8 heteroatoms. The van der Waals surface area contributed by atoms with Gasteiger partial charge in [0.25, 0.3) is 0 Å². The van der Waals surface area contributed by atoms with Gasteiger partial charge in [0.2, 0.25) is 0 Å². The molecule has 0 aliphatic carbocycles. The van der Waals surface area contributed by atoms with Crippen LogP contribution in [-0.2, 0) is 16.0 Å². The average molecular weight is 361 g/mol. The van der Waals surface area contributed by atoms with Gasteiger partial charge in [-0.2, -0.15) is 13.2 Å². The minimum Gasteiger partial charge on any atom is -0.494 e. The fraction of sp³-hybridized carbons (Fsp3) is 0.455. The summed E-state index contributed by atoms with van der Waals surface area (Å²) < 4.78 is 64.6. The second kappa shape index (κ2) is 6.13. The van der Waals surface area contributed by atoms with Crippen molar-refractivity contribution in [2.24, 2.45) is 0 Å². The number of alkyl halides is 3. The van der Waals surface area contributed by atoms with E-state index in [1.165, 1.54) is 12.1 Å². The zero-order valence-electron chi connectivity index (χ0n) is 10.00. The summed E-state index contributed by atoms with van der Waals surface area (Å²) in [6.07, 6.45) is -3.14. The van der Waals surface area contributed by atoms with Gasteiger partial charge >= 0.3 is 6.18 Å². The fourth-order valence-electron chi connectivity index (χ4n) is 1.32. The summed E-state index contributed by atoms with van der Waals surface area (Å²) in [5, 5.41) is 0. The van der Waals surface area contributed by atoms with Crippen LogP contribution in [0.3, 0.4) is 0 Å². The lowest BCUT2D eigenvalue weighted by molar-refractivity contribution is -0.138. The summed E-state index contributed by atoms with van der Waals surface area (Å²) in [6, 6.07) is 3.51. The van der Waals surface area contributed by atoms with Crippen molar-refractivity contribution in [1.82, 2.24) is 0 Å². The molecule has 0 spiro atoms. The summed E-state index contributed by atoms with van der Waals surface area (Å²) in [6.45, 7) is 0.0476. The van der Waals surface area contributed by atoms with E-state index in [0.717, 1.165) is 12.3 Å². The molecule has 1 rings (SSSR count). The highest BCUT2D eigenvalue weighted by Crippen LogP contribution is 2.36. The maximum atomic E-state index is 12.6. The van der Waals surface area contributed by atoms with Gasteiger partial charge in [-0.05, 0) is 24.6 Å². The molecule has 0 amide bonds. The van der Waals surface area contributed by atoms with Gasteiger partial charge in [0.15, 0.2) is 0 Å². The van der Waals surface area contributed by atoms with Gasteiger partial charge in [-0.25, -0.2) is 8.42 Å². The molecule has 0 saturated carbocycles. The second-order valence-corrected chi connectivity index (χ2v) is 7.09. The van der Waals surface area contributed by atoms with Gasteiger partial charge in [-0.3, -0.25) is 0 Å². The molecule has 0 aliphatic heterocycles. The smallest absolute Gasteiger partial charge is 0.417 e. The van der Waals surface area contributed by atoms with Crippen LogP contribution in [-0.4, -0.2) is 27.0 Å². The number of rotatable bonds is 5. The Labute approximate surface area is 117 Å². The normalized spacial score (nSPS) is 12.5. The van der Waals surface area contributed by atoms with Gasteiger partial charge in [0.1, 0.15) is 15.6 Å².